The maximum absolute atomic E-state index is 13.4. The number of carbonyl (C=O) groups is 2. The van der Waals surface area contributed by atoms with E-state index in [9.17, 15) is 14.0 Å². The molecule has 5 N–H and O–H groups in total. The number of nitrogens with two attached hydrogens (primary N) is 1. The monoisotopic (exact) mass is 410 g/mol. The van der Waals surface area contributed by atoms with E-state index < -0.39 is 12.0 Å². The van der Waals surface area contributed by atoms with Crippen LogP contribution in [-0.4, -0.2) is 29.1 Å². The second-order valence-corrected chi connectivity index (χ2v) is 6.13. The van der Waals surface area contributed by atoms with Gasteiger partial charge in [-0.2, -0.15) is 4.98 Å². The molecule has 3 rings (SSSR count). The van der Waals surface area contributed by atoms with Crippen molar-refractivity contribution in [3.05, 3.63) is 71.7 Å². The lowest BCUT2D eigenvalue weighted by Gasteiger charge is -2.12. The number of methoxy groups -OCH3 is 1. The van der Waals surface area contributed by atoms with Gasteiger partial charge in [0.25, 0.3) is 5.91 Å². The van der Waals surface area contributed by atoms with E-state index in [4.69, 9.17) is 5.73 Å². The van der Waals surface area contributed by atoms with Gasteiger partial charge in [-0.15, -0.1) is 0 Å². The Kier molecular flexibility index (Phi) is 6.38. The lowest BCUT2D eigenvalue weighted by molar-refractivity contribution is 0.100. The summed E-state index contributed by atoms with van der Waals surface area (Å²) in [4.78, 5) is 31.4. The zero-order valence-electron chi connectivity index (χ0n) is 16.0. The minimum Gasteiger partial charge on any atom is -0.453 e. The Bertz CT molecular complexity index is 1080. The van der Waals surface area contributed by atoms with Crippen LogP contribution in [0.2, 0.25) is 0 Å². The van der Waals surface area contributed by atoms with E-state index in [0.29, 0.717) is 16.9 Å². The average molecular weight is 410 g/mol. The van der Waals surface area contributed by atoms with Crippen molar-refractivity contribution in [2.45, 2.75) is 6.54 Å². The summed E-state index contributed by atoms with van der Waals surface area (Å²) in [5, 5.41) is 8.51. The molecule has 0 bridgehead atoms. The van der Waals surface area contributed by atoms with Crippen molar-refractivity contribution in [1.29, 1.82) is 0 Å². The number of benzene rings is 2. The quantitative estimate of drug-likeness (QED) is 0.470. The minimum atomic E-state index is -0.701. The molecule has 9 nitrogen and oxygen atoms in total. The van der Waals surface area contributed by atoms with Gasteiger partial charge in [-0.1, -0.05) is 18.2 Å². The summed E-state index contributed by atoms with van der Waals surface area (Å²) in [5.41, 5.74) is 7.25. The molecule has 10 heteroatoms. The first kappa shape index (κ1) is 20.5. The van der Waals surface area contributed by atoms with E-state index in [2.05, 4.69) is 30.7 Å². The standard InChI is InChI=1S/C20H19FN6O3/c1-30-20(29)26-15-7-3-6-14(9-15)25-19-24-11-16(17(22)28)18(27-19)23-10-12-4-2-5-13(21)8-12/h2-9,11H,10H2,1H3,(H2,22,28)(H,26,29)(H2,23,24,25,27). The van der Waals surface area contributed by atoms with Gasteiger partial charge in [-0.25, -0.2) is 14.2 Å². The molecule has 2 aromatic carbocycles. The number of hydrogen-bond acceptors (Lipinski definition) is 7. The first-order valence-electron chi connectivity index (χ1n) is 8.82. The molecule has 1 heterocycles. The molecular formula is C20H19FN6O3. The predicted molar refractivity (Wildman–Crippen MR) is 110 cm³/mol. The van der Waals surface area contributed by atoms with Gasteiger partial charge in [-0.3, -0.25) is 10.1 Å². The highest BCUT2D eigenvalue weighted by molar-refractivity contribution is 5.97. The topological polar surface area (TPSA) is 131 Å². The third-order valence-electron chi connectivity index (χ3n) is 3.95. The van der Waals surface area contributed by atoms with Gasteiger partial charge in [-0.05, 0) is 35.9 Å². The molecular weight excluding hydrogens is 391 g/mol. The average Bonchev–Trinajstić information content (AvgIpc) is 2.72. The van der Waals surface area contributed by atoms with Gasteiger partial charge >= 0.3 is 6.09 Å². The summed E-state index contributed by atoms with van der Waals surface area (Å²) < 4.78 is 17.9. The second kappa shape index (κ2) is 9.32. The minimum absolute atomic E-state index is 0.0954. The number of carbonyl (C=O) groups excluding carboxylic acids is 2. The molecule has 2 amide bonds. The fourth-order valence-electron chi connectivity index (χ4n) is 2.56. The highest BCUT2D eigenvalue weighted by Crippen LogP contribution is 2.21. The summed E-state index contributed by atoms with van der Waals surface area (Å²) in [6.07, 6.45) is 0.695. The predicted octanol–water partition coefficient (Wildman–Crippen LogP) is 3.25. The van der Waals surface area contributed by atoms with Gasteiger partial charge in [0.15, 0.2) is 0 Å². The fraction of sp³-hybridized carbons (Fsp3) is 0.100. The number of ether oxygens (including phenoxy) is 1. The summed E-state index contributed by atoms with van der Waals surface area (Å²) in [6, 6.07) is 12.8. The first-order valence-corrected chi connectivity index (χ1v) is 8.82. The molecule has 154 valence electrons. The maximum atomic E-state index is 13.4. The third kappa shape index (κ3) is 5.41. The molecule has 0 unspecified atom stereocenters. The molecule has 0 aliphatic heterocycles. The molecule has 30 heavy (non-hydrogen) atoms. The van der Waals surface area contributed by atoms with Crippen LogP contribution in [0.1, 0.15) is 15.9 Å². The van der Waals surface area contributed by atoms with Gasteiger partial charge in [0.05, 0.1) is 12.7 Å². The van der Waals surface area contributed by atoms with Crippen molar-refractivity contribution in [2.75, 3.05) is 23.1 Å². The van der Waals surface area contributed by atoms with Gasteiger partial charge in [0.2, 0.25) is 5.95 Å². The number of nitrogens with one attached hydrogen (secondary N) is 3. The number of anilines is 4. The zero-order valence-corrected chi connectivity index (χ0v) is 16.0. The van der Waals surface area contributed by atoms with Crippen molar-refractivity contribution < 1.29 is 18.7 Å². The zero-order chi connectivity index (χ0) is 21.5. The second-order valence-electron chi connectivity index (χ2n) is 6.13. The summed E-state index contributed by atoms with van der Waals surface area (Å²) in [7, 11) is 1.27. The molecule has 0 saturated heterocycles. The summed E-state index contributed by atoms with van der Waals surface area (Å²) in [5.74, 6) is -0.674. The Morgan fingerprint density at radius 1 is 1.13 bits per heavy atom. The Balaban J connectivity index is 1.79. The number of halogens is 1. The van der Waals surface area contributed by atoms with E-state index in [1.165, 1.54) is 25.4 Å². The molecule has 0 aliphatic rings. The lowest BCUT2D eigenvalue weighted by Crippen LogP contribution is -2.17. The van der Waals surface area contributed by atoms with Crippen LogP contribution in [-0.2, 0) is 11.3 Å². The van der Waals surface area contributed by atoms with E-state index in [1.807, 2.05) is 0 Å². The van der Waals surface area contributed by atoms with E-state index in [-0.39, 0.29) is 29.7 Å². The van der Waals surface area contributed by atoms with E-state index in [1.54, 1.807) is 36.4 Å². The number of primary amides is 1. The molecule has 0 spiro atoms. The Hall–Kier alpha value is -4.21. The summed E-state index contributed by atoms with van der Waals surface area (Å²) >= 11 is 0. The van der Waals surface area contributed by atoms with Crippen LogP contribution in [0.25, 0.3) is 0 Å². The molecule has 0 atom stereocenters. The molecule has 1 aromatic heterocycles. The van der Waals surface area contributed by atoms with Gasteiger partial charge in [0.1, 0.15) is 11.6 Å². The van der Waals surface area contributed by atoms with Crippen LogP contribution in [0, 0.1) is 5.82 Å². The van der Waals surface area contributed by atoms with E-state index >= 15 is 0 Å². The van der Waals surface area contributed by atoms with Gasteiger partial charge in [0, 0.05) is 24.1 Å². The highest BCUT2D eigenvalue weighted by atomic mass is 19.1. The fourth-order valence-corrected chi connectivity index (χ4v) is 2.56. The van der Waals surface area contributed by atoms with Crippen molar-refractivity contribution in [1.82, 2.24) is 9.97 Å². The molecule has 3 aromatic rings. The summed E-state index contributed by atoms with van der Waals surface area (Å²) in [6.45, 7) is 0.229. The van der Waals surface area contributed by atoms with Crippen molar-refractivity contribution >= 4 is 35.1 Å². The molecule has 0 aliphatic carbocycles. The van der Waals surface area contributed by atoms with Crippen LogP contribution in [0.3, 0.4) is 0 Å². The number of aromatic nitrogens is 2. The van der Waals surface area contributed by atoms with Crippen molar-refractivity contribution in [3.63, 3.8) is 0 Å². The molecule has 0 fully saturated rings. The molecule has 0 radical (unpaired) electrons. The Labute approximate surface area is 171 Å². The smallest absolute Gasteiger partial charge is 0.411 e. The number of hydrogen-bond donors (Lipinski definition) is 4. The van der Waals surface area contributed by atoms with Crippen LogP contribution < -0.4 is 21.7 Å². The third-order valence-corrected chi connectivity index (χ3v) is 3.95. The normalized spacial score (nSPS) is 10.2. The molecule has 0 saturated carbocycles. The number of amides is 2. The maximum Gasteiger partial charge on any atom is 0.411 e. The van der Waals surface area contributed by atoms with Crippen LogP contribution in [0.5, 0.6) is 0 Å². The van der Waals surface area contributed by atoms with Crippen LogP contribution in [0.4, 0.5) is 32.3 Å². The Morgan fingerprint density at radius 2 is 1.90 bits per heavy atom. The van der Waals surface area contributed by atoms with Crippen molar-refractivity contribution in [2.24, 2.45) is 5.73 Å². The first-order chi connectivity index (χ1) is 14.4. The number of rotatable bonds is 7. The SMILES string of the molecule is COC(=O)Nc1cccc(Nc2ncc(C(N)=O)c(NCc3cccc(F)c3)n2)c1. The van der Waals surface area contributed by atoms with Gasteiger partial charge < -0.3 is 21.1 Å². The largest absolute Gasteiger partial charge is 0.453 e. The highest BCUT2D eigenvalue weighted by Gasteiger charge is 2.13. The van der Waals surface area contributed by atoms with Crippen molar-refractivity contribution in [3.8, 4) is 0 Å². The van der Waals surface area contributed by atoms with E-state index in [0.717, 1.165) is 0 Å². The lowest BCUT2D eigenvalue weighted by atomic mass is 10.2. The van der Waals surface area contributed by atoms with Crippen LogP contribution >= 0.6 is 0 Å². The van der Waals surface area contributed by atoms with Crippen LogP contribution in [0.15, 0.2) is 54.7 Å². The Morgan fingerprint density at radius 3 is 2.63 bits per heavy atom. The number of nitrogens with zero attached hydrogens (tertiary/aromatic N) is 2.